The molecule has 0 aliphatic rings. The average molecular weight is 170 g/mol. The van der Waals surface area contributed by atoms with Gasteiger partial charge in [0.25, 0.3) is 0 Å². The third-order valence-electron chi connectivity index (χ3n) is 1.45. The summed E-state index contributed by atoms with van der Waals surface area (Å²) in [5.41, 5.74) is 1.38. The Morgan fingerprint density at radius 3 is 2.55 bits per heavy atom. The molecule has 0 saturated heterocycles. The molecule has 58 valence electrons. The van der Waals surface area contributed by atoms with Gasteiger partial charge in [-0.3, -0.25) is 0 Å². The second kappa shape index (κ2) is 3.25. The van der Waals surface area contributed by atoms with Crippen LogP contribution in [0.15, 0.2) is 18.3 Å². The van der Waals surface area contributed by atoms with Crippen LogP contribution in [0.5, 0.6) is 0 Å². The Morgan fingerprint density at radius 1 is 1.45 bits per heavy atom. The first-order chi connectivity index (χ1) is 5.11. The van der Waals surface area contributed by atoms with Crippen molar-refractivity contribution in [3.8, 4) is 0 Å². The van der Waals surface area contributed by atoms with E-state index in [9.17, 15) is 0 Å². The van der Waals surface area contributed by atoms with Gasteiger partial charge in [-0.05, 0) is 0 Å². The van der Waals surface area contributed by atoms with E-state index in [0.717, 1.165) is 5.69 Å². The fourth-order valence-corrected chi connectivity index (χ4v) is 0.932. The van der Waals surface area contributed by atoms with E-state index in [0.29, 0.717) is 5.46 Å². The van der Waals surface area contributed by atoms with Crippen LogP contribution < -0.4 is 9.44 Å². The minimum atomic E-state index is -1.42. The number of pyridine rings is 1. The van der Waals surface area contributed by atoms with E-state index >= 15 is 0 Å². The highest BCUT2D eigenvalue weighted by atomic mass is 32.1. The predicted molar refractivity (Wildman–Crippen MR) is 45.6 cm³/mol. The topological polar surface area (TPSA) is 44.3 Å². The zero-order chi connectivity index (χ0) is 8.43. The van der Waals surface area contributed by atoms with E-state index in [2.05, 4.69) is 12.8 Å². The van der Waals surface area contributed by atoms with E-state index in [-0.39, 0.29) is 0 Å². The molecule has 11 heavy (non-hydrogen) atoms. The Kier molecular flexibility index (Phi) is 2.54. The molecule has 0 spiro atoms. The third kappa shape index (κ3) is 1.96. The van der Waals surface area contributed by atoms with Crippen molar-refractivity contribution in [1.82, 2.24) is 0 Å². The van der Waals surface area contributed by atoms with Gasteiger partial charge in [0.2, 0.25) is 0 Å². The van der Waals surface area contributed by atoms with Crippen LogP contribution in [-0.4, -0.2) is 17.2 Å². The molecule has 0 bridgehead atoms. The summed E-state index contributed by atoms with van der Waals surface area (Å²) in [7, 11) is -1.42. The average Bonchev–Trinajstić information content (AvgIpc) is 1.94. The molecule has 3 nitrogen and oxygen atoms in total. The maximum Gasteiger partial charge on any atom is 0.494 e. The number of hydrogen-bond donors (Lipinski definition) is 3. The SMILES string of the molecule is Cc1ccc(B(O)O)c[n+]1S. The second-order valence-corrected chi connectivity index (χ2v) is 2.75. The molecular formula is C6H9BNO2S+. The number of aromatic nitrogens is 1. The van der Waals surface area contributed by atoms with Gasteiger partial charge in [-0.15, -0.1) is 3.97 Å². The van der Waals surface area contributed by atoms with Gasteiger partial charge in [-0.25, -0.2) is 0 Å². The van der Waals surface area contributed by atoms with E-state index in [4.69, 9.17) is 10.0 Å². The Bertz CT molecular complexity index is 267. The number of nitrogens with zero attached hydrogens (tertiary/aromatic N) is 1. The maximum atomic E-state index is 8.75. The third-order valence-corrected chi connectivity index (χ3v) is 1.88. The van der Waals surface area contributed by atoms with Gasteiger partial charge in [0.1, 0.15) is 12.8 Å². The largest absolute Gasteiger partial charge is 0.494 e. The fourth-order valence-electron chi connectivity index (χ4n) is 0.732. The second-order valence-electron chi connectivity index (χ2n) is 2.32. The lowest BCUT2D eigenvalue weighted by atomic mass is 9.82. The lowest BCUT2D eigenvalue weighted by Crippen LogP contribution is -2.38. The summed E-state index contributed by atoms with van der Waals surface area (Å²) in [4.78, 5) is 0. The number of thiol groups is 1. The summed E-state index contributed by atoms with van der Waals surface area (Å²) >= 11 is 4.06. The lowest BCUT2D eigenvalue weighted by molar-refractivity contribution is -0.496. The Labute approximate surface area is 71.0 Å². The molecule has 0 radical (unpaired) electrons. The highest BCUT2D eigenvalue weighted by Crippen LogP contribution is 1.87. The smallest absolute Gasteiger partial charge is 0.423 e. The summed E-state index contributed by atoms with van der Waals surface area (Å²) in [6.07, 6.45) is 1.56. The molecule has 0 amide bonds. The minimum absolute atomic E-state index is 0.436. The van der Waals surface area contributed by atoms with Crippen molar-refractivity contribution >= 4 is 25.4 Å². The number of rotatable bonds is 1. The molecule has 1 aromatic heterocycles. The molecule has 1 aromatic rings. The summed E-state index contributed by atoms with van der Waals surface area (Å²) in [6, 6.07) is 3.41. The van der Waals surface area contributed by atoms with E-state index in [1.54, 1.807) is 18.3 Å². The van der Waals surface area contributed by atoms with E-state index < -0.39 is 7.12 Å². The fraction of sp³-hybridized carbons (Fsp3) is 0.167. The van der Waals surface area contributed by atoms with Crippen LogP contribution >= 0.6 is 12.8 Å². The Balaban J connectivity index is 3.05. The van der Waals surface area contributed by atoms with Gasteiger partial charge in [-0.1, -0.05) is 6.07 Å². The van der Waals surface area contributed by atoms with Crippen LogP contribution in [0.1, 0.15) is 5.69 Å². The maximum absolute atomic E-state index is 8.75. The molecule has 0 aliphatic carbocycles. The molecule has 1 heterocycles. The van der Waals surface area contributed by atoms with Crippen LogP contribution in [0, 0.1) is 6.92 Å². The first kappa shape index (κ1) is 8.58. The van der Waals surface area contributed by atoms with Crippen molar-refractivity contribution in [3.05, 3.63) is 24.0 Å². The molecule has 0 atom stereocenters. The van der Waals surface area contributed by atoms with Gasteiger partial charge in [0.05, 0.1) is 0 Å². The summed E-state index contributed by atoms with van der Waals surface area (Å²) in [5, 5.41) is 17.5. The standard InChI is InChI=1S/C6H9BNO2S/c1-5-2-3-6(7(9)10)4-8(5)11/h2-4,9-11H,1H3/q+1. The minimum Gasteiger partial charge on any atom is -0.423 e. The summed E-state index contributed by atoms with van der Waals surface area (Å²) < 4.78 is 1.54. The van der Waals surface area contributed by atoms with Crippen molar-refractivity contribution in [1.29, 1.82) is 0 Å². The predicted octanol–water partition coefficient (Wildman–Crippen LogP) is -1.34. The molecule has 0 saturated carbocycles. The van der Waals surface area contributed by atoms with Gasteiger partial charge in [0.15, 0.2) is 11.9 Å². The van der Waals surface area contributed by atoms with Crippen LogP contribution in [-0.2, 0) is 0 Å². The first-order valence-electron chi connectivity index (χ1n) is 3.19. The molecule has 0 aromatic carbocycles. The first-order valence-corrected chi connectivity index (χ1v) is 3.59. The highest BCUT2D eigenvalue weighted by molar-refractivity contribution is 7.73. The highest BCUT2D eigenvalue weighted by Gasteiger charge is 2.15. The Morgan fingerprint density at radius 2 is 2.09 bits per heavy atom. The monoisotopic (exact) mass is 170 g/mol. The molecule has 0 aliphatic heterocycles. The van der Waals surface area contributed by atoms with Gasteiger partial charge >= 0.3 is 7.12 Å². The van der Waals surface area contributed by atoms with Gasteiger partial charge in [0, 0.05) is 18.5 Å². The number of hydrogen-bond acceptors (Lipinski definition) is 3. The zero-order valence-electron chi connectivity index (χ0n) is 6.10. The summed E-state index contributed by atoms with van der Waals surface area (Å²) in [6.45, 7) is 1.88. The lowest BCUT2D eigenvalue weighted by Gasteiger charge is -1.96. The number of aryl methyl sites for hydroxylation is 1. The van der Waals surface area contributed by atoms with E-state index in [1.165, 1.54) is 3.97 Å². The van der Waals surface area contributed by atoms with Crippen molar-refractivity contribution in [2.45, 2.75) is 6.92 Å². The molecular weight excluding hydrogens is 161 g/mol. The molecule has 0 unspecified atom stereocenters. The van der Waals surface area contributed by atoms with Crippen LogP contribution in [0.2, 0.25) is 0 Å². The van der Waals surface area contributed by atoms with Crippen LogP contribution in [0.25, 0.3) is 0 Å². The van der Waals surface area contributed by atoms with Gasteiger partial charge in [-0.2, -0.15) is 0 Å². The zero-order valence-corrected chi connectivity index (χ0v) is 6.99. The van der Waals surface area contributed by atoms with Crippen molar-refractivity contribution in [2.24, 2.45) is 0 Å². The molecule has 5 heteroatoms. The summed E-state index contributed by atoms with van der Waals surface area (Å²) in [5.74, 6) is 0. The molecule has 0 fully saturated rings. The molecule has 1 rings (SSSR count). The molecule has 2 N–H and O–H groups in total. The van der Waals surface area contributed by atoms with Gasteiger partial charge < -0.3 is 10.0 Å². The van der Waals surface area contributed by atoms with Crippen molar-refractivity contribution < 1.29 is 14.0 Å². The Hall–Kier alpha value is -0.515. The van der Waals surface area contributed by atoms with Crippen molar-refractivity contribution in [2.75, 3.05) is 0 Å². The van der Waals surface area contributed by atoms with Crippen LogP contribution in [0.3, 0.4) is 0 Å². The van der Waals surface area contributed by atoms with Crippen molar-refractivity contribution in [3.63, 3.8) is 0 Å². The normalized spacial score (nSPS) is 9.82. The van der Waals surface area contributed by atoms with E-state index in [1.807, 2.05) is 6.92 Å². The quantitative estimate of drug-likeness (QED) is 0.277. The van der Waals surface area contributed by atoms with Crippen LogP contribution in [0.4, 0.5) is 0 Å².